The highest BCUT2D eigenvalue weighted by Gasteiger charge is 2.39. The van der Waals surface area contributed by atoms with Gasteiger partial charge in [0.2, 0.25) is 0 Å². The third kappa shape index (κ3) is 3.55. The number of fused-ring (bicyclic) bond motifs is 2. The third-order valence-corrected chi connectivity index (χ3v) is 6.50. The van der Waals surface area contributed by atoms with E-state index in [4.69, 9.17) is 11.6 Å². The highest BCUT2D eigenvalue weighted by molar-refractivity contribution is 6.36. The van der Waals surface area contributed by atoms with Gasteiger partial charge in [-0.25, -0.2) is 9.50 Å². The van der Waals surface area contributed by atoms with Crippen molar-refractivity contribution in [3.05, 3.63) is 52.8 Å². The van der Waals surface area contributed by atoms with Crippen LogP contribution in [0.4, 0.5) is 13.2 Å². The zero-order chi connectivity index (χ0) is 21.8. The number of quaternary nitrogens is 1. The first-order valence-corrected chi connectivity index (χ1v) is 10.6. The minimum atomic E-state index is -4.70. The lowest BCUT2D eigenvalue weighted by Gasteiger charge is -2.34. The maximum absolute atomic E-state index is 13.8. The number of nitrogens with one attached hydrogen (secondary N) is 1. The van der Waals surface area contributed by atoms with Crippen molar-refractivity contribution in [1.29, 1.82) is 0 Å². The van der Waals surface area contributed by atoms with Crippen molar-refractivity contribution in [3.63, 3.8) is 0 Å². The molecule has 1 N–H and O–H groups in total. The van der Waals surface area contributed by atoms with Gasteiger partial charge in [0.05, 0.1) is 31.9 Å². The van der Waals surface area contributed by atoms with Crippen LogP contribution in [0.15, 0.2) is 36.4 Å². The van der Waals surface area contributed by atoms with Gasteiger partial charge in [-0.3, -0.25) is 4.79 Å². The van der Waals surface area contributed by atoms with Crippen LogP contribution < -0.4 is 4.90 Å². The monoisotopic (exact) mass is 450 g/mol. The van der Waals surface area contributed by atoms with Crippen LogP contribution in [0.25, 0.3) is 16.9 Å². The van der Waals surface area contributed by atoms with Crippen molar-refractivity contribution in [3.8, 4) is 11.3 Å². The summed E-state index contributed by atoms with van der Waals surface area (Å²) >= 11 is 6.40. The number of hydrogen-bond acceptors (Lipinski definition) is 3. The summed E-state index contributed by atoms with van der Waals surface area (Å²) in [7, 11) is 0. The first-order chi connectivity index (χ1) is 14.8. The molecule has 0 saturated carbocycles. The van der Waals surface area contributed by atoms with Gasteiger partial charge >= 0.3 is 6.18 Å². The van der Waals surface area contributed by atoms with Crippen molar-refractivity contribution in [2.24, 2.45) is 0 Å². The van der Waals surface area contributed by atoms with E-state index >= 15 is 0 Å². The Bertz CT molecular complexity index is 1150. The van der Waals surface area contributed by atoms with Crippen LogP contribution in [0.5, 0.6) is 0 Å². The molecule has 2 aromatic heterocycles. The molecule has 0 radical (unpaired) electrons. The summed E-state index contributed by atoms with van der Waals surface area (Å²) in [6.07, 6.45) is -2.53. The number of alkyl halides is 3. The third-order valence-electron chi connectivity index (χ3n) is 6.15. The van der Waals surface area contributed by atoms with E-state index in [-0.39, 0.29) is 22.1 Å². The Balaban J connectivity index is 1.59. The number of benzene rings is 1. The van der Waals surface area contributed by atoms with Crippen LogP contribution in [0.2, 0.25) is 5.02 Å². The number of piperazine rings is 1. The second kappa shape index (κ2) is 7.49. The molecule has 162 valence electrons. The summed E-state index contributed by atoms with van der Waals surface area (Å²) < 4.78 is 42.1. The van der Waals surface area contributed by atoms with E-state index in [1.54, 1.807) is 35.2 Å². The summed E-state index contributed by atoms with van der Waals surface area (Å²) in [5, 5.41) is 3.82. The molecule has 2 unspecified atom stereocenters. The standard InChI is InChI=1S/C21H19ClF3N5O/c22-17-18(20(31)29-10-9-28-8-4-7-14(28)12-29)27-30-16(21(23,24)25)11-15(26-19(17)30)13-5-2-1-3-6-13/h1-3,5-6,11,14H,4,7-10,12H2/p+1. The number of aromatic nitrogens is 3. The van der Waals surface area contributed by atoms with E-state index in [1.807, 2.05) is 0 Å². The molecule has 0 aliphatic carbocycles. The normalized spacial score (nSPS) is 21.5. The van der Waals surface area contributed by atoms with Crippen LogP contribution in [-0.4, -0.2) is 57.6 Å². The first-order valence-electron chi connectivity index (χ1n) is 10.2. The fourth-order valence-electron chi connectivity index (χ4n) is 4.59. The maximum atomic E-state index is 13.8. The van der Waals surface area contributed by atoms with E-state index in [0.717, 1.165) is 32.0 Å². The molecule has 0 spiro atoms. The molecule has 0 bridgehead atoms. The number of halogens is 4. The molecule has 1 aromatic carbocycles. The largest absolute Gasteiger partial charge is 0.433 e. The Kier molecular flexibility index (Phi) is 4.90. The second-order valence-electron chi connectivity index (χ2n) is 8.04. The summed E-state index contributed by atoms with van der Waals surface area (Å²) in [4.78, 5) is 20.6. The average molecular weight is 451 g/mol. The molecule has 1 amide bonds. The molecule has 2 fully saturated rings. The quantitative estimate of drug-likeness (QED) is 0.653. The molecule has 2 aliphatic heterocycles. The van der Waals surface area contributed by atoms with Crippen molar-refractivity contribution >= 4 is 23.2 Å². The molecule has 6 nitrogen and oxygen atoms in total. The van der Waals surface area contributed by atoms with Gasteiger partial charge in [0.1, 0.15) is 11.1 Å². The van der Waals surface area contributed by atoms with Crippen LogP contribution in [-0.2, 0) is 6.18 Å². The lowest BCUT2D eigenvalue weighted by molar-refractivity contribution is -0.916. The Labute approximate surface area is 181 Å². The Morgan fingerprint density at radius 3 is 2.71 bits per heavy atom. The van der Waals surface area contributed by atoms with Crippen molar-refractivity contribution in [2.75, 3.05) is 26.2 Å². The zero-order valence-corrected chi connectivity index (χ0v) is 17.2. The number of carbonyl (C=O) groups excluding carboxylic acids is 1. The molecule has 2 aliphatic rings. The van der Waals surface area contributed by atoms with Crippen LogP contribution in [0.3, 0.4) is 0 Å². The van der Waals surface area contributed by atoms with Gasteiger partial charge < -0.3 is 9.80 Å². The fourth-order valence-corrected chi connectivity index (χ4v) is 4.83. The van der Waals surface area contributed by atoms with Gasteiger partial charge in [-0.2, -0.15) is 18.3 Å². The lowest BCUT2D eigenvalue weighted by atomic mass is 10.1. The van der Waals surface area contributed by atoms with Crippen LogP contribution in [0, 0.1) is 0 Å². The number of nitrogens with zero attached hydrogens (tertiary/aromatic N) is 4. The smallest absolute Gasteiger partial charge is 0.330 e. The van der Waals surface area contributed by atoms with Crippen LogP contribution >= 0.6 is 11.6 Å². The average Bonchev–Trinajstić information content (AvgIpc) is 3.36. The minimum Gasteiger partial charge on any atom is -0.330 e. The molecule has 2 atom stereocenters. The molecule has 31 heavy (non-hydrogen) atoms. The number of amides is 1. The van der Waals surface area contributed by atoms with Gasteiger partial charge in [-0.15, -0.1) is 0 Å². The molecule has 4 heterocycles. The SMILES string of the molecule is O=C(c1nn2c(C(F)(F)F)cc(-c3ccccc3)nc2c1Cl)N1CC[NH+]2CCCC2C1. The fraction of sp³-hybridized carbons (Fsp3) is 0.381. The lowest BCUT2D eigenvalue weighted by Crippen LogP contribution is -3.16. The van der Waals surface area contributed by atoms with Crippen molar-refractivity contribution in [1.82, 2.24) is 19.5 Å². The second-order valence-corrected chi connectivity index (χ2v) is 8.41. The van der Waals surface area contributed by atoms with Gasteiger partial charge in [0, 0.05) is 18.4 Å². The predicted octanol–water partition coefficient (Wildman–Crippen LogP) is 2.57. The maximum Gasteiger partial charge on any atom is 0.433 e. The first kappa shape index (κ1) is 20.3. The summed E-state index contributed by atoms with van der Waals surface area (Å²) in [5.41, 5.74) is -0.761. The Hall–Kier alpha value is -2.65. The molecule has 10 heteroatoms. The Morgan fingerprint density at radius 2 is 1.97 bits per heavy atom. The molecular formula is C21H20ClF3N5O+. The van der Waals surface area contributed by atoms with Crippen LogP contribution in [0.1, 0.15) is 29.0 Å². The minimum absolute atomic E-state index is 0.115. The van der Waals surface area contributed by atoms with E-state index in [2.05, 4.69) is 10.1 Å². The molecule has 2 saturated heterocycles. The highest BCUT2D eigenvalue weighted by Crippen LogP contribution is 2.34. The molecule has 3 aromatic rings. The van der Waals surface area contributed by atoms with Gasteiger partial charge in [0.15, 0.2) is 17.0 Å². The van der Waals surface area contributed by atoms with Gasteiger partial charge in [0.25, 0.3) is 5.91 Å². The van der Waals surface area contributed by atoms with E-state index in [0.29, 0.717) is 29.2 Å². The Morgan fingerprint density at radius 1 is 1.19 bits per heavy atom. The number of hydrogen-bond donors (Lipinski definition) is 1. The van der Waals surface area contributed by atoms with E-state index in [9.17, 15) is 18.0 Å². The summed E-state index contributed by atoms with van der Waals surface area (Å²) in [6, 6.07) is 9.82. The summed E-state index contributed by atoms with van der Waals surface area (Å²) in [6.45, 7) is 3.02. The molecule has 5 rings (SSSR count). The number of carbonyl (C=O) groups is 1. The predicted molar refractivity (Wildman–Crippen MR) is 108 cm³/mol. The zero-order valence-electron chi connectivity index (χ0n) is 16.5. The number of rotatable bonds is 2. The molecular weight excluding hydrogens is 431 g/mol. The van der Waals surface area contributed by atoms with E-state index in [1.165, 1.54) is 4.90 Å². The van der Waals surface area contributed by atoms with Gasteiger partial charge in [-0.05, 0) is 6.07 Å². The summed E-state index contributed by atoms with van der Waals surface area (Å²) in [5.74, 6) is -0.448. The topological polar surface area (TPSA) is 54.9 Å². The van der Waals surface area contributed by atoms with Crippen molar-refractivity contribution < 1.29 is 22.9 Å². The highest BCUT2D eigenvalue weighted by atomic mass is 35.5. The van der Waals surface area contributed by atoms with Gasteiger partial charge in [-0.1, -0.05) is 41.9 Å². The van der Waals surface area contributed by atoms with Crippen molar-refractivity contribution in [2.45, 2.75) is 25.1 Å². The van der Waals surface area contributed by atoms with E-state index < -0.39 is 17.8 Å².